The van der Waals surface area contributed by atoms with Crippen molar-refractivity contribution in [2.24, 2.45) is 33.7 Å². The topological polar surface area (TPSA) is 276 Å². The third kappa shape index (κ3) is 16.3. The first-order chi connectivity index (χ1) is 57.1. The summed E-state index contributed by atoms with van der Waals surface area (Å²) in [5.74, 6) is 2.40. The highest BCUT2D eigenvalue weighted by Gasteiger charge is 2.46. The smallest absolute Gasteiger partial charge is 0.407 e. The SMILES string of the molecule is COC(=O)N[C@H](C(=O)N1C[C@@H](CCC(F)F)C[C@H]1C1=Nc2ccc3cc4c(cc3c2C1)OCc1cc(-c2cnc(C3CCCC3)[nH]2)ccc1-4)C(C)C.COC(=O)N[C@H](C(=O)N1C[C@@H](CCC(F)F)C[C@H]1C1=Nc2ccc3cc4c(cc3c2C1)OCc1cc(-c2cnc(C3CCCN3C(=O)[C@H](NC(=O)OC)c3ccccc3)[nH]2)ccc1-4)C(C)C. The molecule has 5 N–H and O–H groups in total. The molecule has 4 fully saturated rings. The number of amides is 6. The van der Waals surface area contributed by atoms with Crippen molar-refractivity contribution in [3.05, 3.63) is 167 Å². The predicted molar refractivity (Wildman–Crippen MR) is 440 cm³/mol. The second-order valence-corrected chi connectivity index (χ2v) is 33.0. The summed E-state index contributed by atoms with van der Waals surface area (Å²) in [7, 11) is 3.78. The van der Waals surface area contributed by atoms with E-state index in [2.05, 4.69) is 92.6 Å². The van der Waals surface area contributed by atoms with Gasteiger partial charge in [0.1, 0.15) is 54.5 Å². The molecule has 6 amide bonds. The molecular formula is C91H98F4N12O11. The number of aliphatic imine (C=N–C) groups is 2. The monoisotopic (exact) mass is 1610 g/mol. The van der Waals surface area contributed by atoms with Crippen molar-refractivity contribution in [3.8, 4) is 56.3 Å². The van der Waals surface area contributed by atoms with Crippen LogP contribution in [0, 0.1) is 23.7 Å². The third-order valence-electron chi connectivity index (χ3n) is 24.9. The van der Waals surface area contributed by atoms with Crippen LogP contribution in [-0.2, 0) is 54.6 Å². The Labute approximate surface area is 681 Å². The molecule has 27 heteroatoms. The number of alkyl halides is 4. The number of halogens is 4. The Morgan fingerprint density at radius 2 is 0.992 bits per heavy atom. The number of ether oxygens (including phenoxy) is 5. The highest BCUT2D eigenvalue weighted by molar-refractivity contribution is 6.09. The van der Waals surface area contributed by atoms with Crippen LogP contribution in [-0.4, -0.2) is 160 Å². The average molecular weight is 1610 g/mol. The van der Waals surface area contributed by atoms with E-state index in [1.165, 1.54) is 47.0 Å². The standard InChI is InChI=1S/C50H53F2N7O7.C41H45F2N5O4/c1-27(2)44(56-49(62)64-3)47(60)59-25-28(12-17-43(51)52)19-41(59)38-22-35-34-23-42-36(21-30(34)14-16-37(35)54-38)33-15-13-31(20-32(33)26-66-42)39-24-53-46(55-39)40-11-8-18-58(40)48(61)45(57-50(63)65-4)29-9-6-5-7-10-29;1-22(2)38(47-41(50)51-3)40(49)48-20-23(8-13-37(42)43)14-35(48)33-17-30-29-18-36-31(16-25(29)10-12-32(30)45-33)28-11-9-26(15-27(28)21-52-36)34-19-44-39(46-34)24-6-4-5-7-24/h5-7,9-10,13-16,20-21,23-24,27-28,40-41,43-45H,8,11-12,17-19,22,25-26H2,1-4H3,(H,53,55)(H,56,62)(H,57,63);9-12,15-16,18-19,22-24,35,37-38H,4-8,13-14,17,20-21H2,1-3H3,(H,44,46)(H,47,50)/t28-,40?,41-,44-,45+;23-,35-,38-/m00/s1. The summed E-state index contributed by atoms with van der Waals surface area (Å²) in [6.45, 7) is 9.36. The zero-order valence-corrected chi connectivity index (χ0v) is 67.2. The van der Waals surface area contributed by atoms with Gasteiger partial charge >= 0.3 is 18.3 Å². The lowest BCUT2D eigenvalue weighted by Gasteiger charge is -2.31. The number of hydrogen-bond acceptors (Lipinski definition) is 15. The second-order valence-electron chi connectivity index (χ2n) is 33.0. The van der Waals surface area contributed by atoms with Gasteiger partial charge in [-0.3, -0.25) is 24.4 Å². The van der Waals surface area contributed by atoms with Crippen LogP contribution in [0.3, 0.4) is 0 Å². The van der Waals surface area contributed by atoms with Gasteiger partial charge < -0.3 is 64.3 Å². The van der Waals surface area contributed by atoms with Crippen LogP contribution in [0.5, 0.6) is 11.5 Å². The van der Waals surface area contributed by atoms with Gasteiger partial charge in [-0.05, 0) is 195 Å². The molecule has 3 saturated heterocycles. The lowest BCUT2D eigenvalue weighted by Crippen LogP contribution is -2.53. The highest BCUT2D eigenvalue weighted by atomic mass is 19.3. The third-order valence-corrected chi connectivity index (χ3v) is 24.9. The van der Waals surface area contributed by atoms with E-state index in [1.54, 1.807) is 33.0 Å². The first-order valence-electron chi connectivity index (χ1n) is 41.1. The minimum Gasteiger partial charge on any atom is -0.488 e. The van der Waals surface area contributed by atoms with Gasteiger partial charge in [-0.2, -0.15) is 0 Å². The first-order valence-corrected chi connectivity index (χ1v) is 41.1. The Morgan fingerprint density at radius 1 is 0.517 bits per heavy atom. The number of methoxy groups -OCH3 is 3. The minimum absolute atomic E-state index is 0.0966. The van der Waals surface area contributed by atoms with Gasteiger partial charge in [0.15, 0.2) is 0 Å². The van der Waals surface area contributed by atoms with Crippen molar-refractivity contribution < 1.29 is 70.0 Å². The number of aromatic nitrogens is 4. The van der Waals surface area contributed by atoms with Gasteiger partial charge in [0.05, 0.1) is 74.6 Å². The van der Waals surface area contributed by atoms with Gasteiger partial charge in [-0.15, -0.1) is 0 Å². The van der Waals surface area contributed by atoms with E-state index in [9.17, 15) is 46.3 Å². The summed E-state index contributed by atoms with van der Waals surface area (Å²) in [5, 5.41) is 12.2. The van der Waals surface area contributed by atoms with Gasteiger partial charge in [-0.1, -0.05) is 107 Å². The fraction of sp³-hybridized carbons (Fsp3) is 0.429. The summed E-state index contributed by atoms with van der Waals surface area (Å²) >= 11 is 0. The summed E-state index contributed by atoms with van der Waals surface area (Å²) in [6.07, 6.45) is 5.45. The number of imidazole rings is 2. The zero-order valence-electron chi connectivity index (χ0n) is 67.2. The molecule has 7 aromatic carbocycles. The molecule has 17 rings (SSSR count). The number of alkyl carbamates (subject to hydrolysis) is 3. The van der Waals surface area contributed by atoms with Crippen molar-refractivity contribution in [2.75, 3.05) is 41.0 Å². The molecule has 118 heavy (non-hydrogen) atoms. The summed E-state index contributed by atoms with van der Waals surface area (Å²) in [4.78, 5) is 111. The number of H-pyrrole nitrogens is 2. The maximum absolute atomic E-state index is 14.1. The number of carbonyl (C=O) groups is 6. The van der Waals surface area contributed by atoms with Crippen LogP contribution in [0.1, 0.15) is 162 Å². The number of nitrogens with one attached hydrogen (secondary N) is 5. The van der Waals surface area contributed by atoms with E-state index in [0.717, 1.165) is 142 Å². The molecule has 9 aromatic rings. The Balaban J connectivity index is 0.000000181. The number of likely N-dealkylation sites (tertiary alicyclic amines) is 3. The maximum atomic E-state index is 14.1. The molecule has 23 nitrogen and oxygen atoms in total. The van der Waals surface area contributed by atoms with E-state index < -0.39 is 55.3 Å². The number of fused-ring (bicyclic) bond motifs is 12. The molecule has 8 aliphatic rings. The molecule has 9 heterocycles. The normalized spacial score (nSPS) is 19.8. The number of benzene rings is 7. The molecule has 2 aromatic heterocycles. The Kier molecular flexibility index (Phi) is 23.2. The molecule has 1 saturated carbocycles. The first kappa shape index (κ1) is 80.2. The van der Waals surface area contributed by atoms with Crippen LogP contribution in [0.4, 0.5) is 43.3 Å². The molecule has 1 aliphatic carbocycles. The number of aromatic amines is 2. The molecule has 7 aliphatic heterocycles. The van der Waals surface area contributed by atoms with Crippen molar-refractivity contribution in [3.63, 3.8) is 0 Å². The van der Waals surface area contributed by atoms with Crippen molar-refractivity contribution in [1.29, 1.82) is 0 Å². The van der Waals surface area contributed by atoms with Gasteiger partial charge in [0, 0.05) is 73.8 Å². The fourth-order valence-electron chi connectivity index (χ4n) is 18.8. The Bertz CT molecular complexity index is 5410. The number of rotatable bonds is 21. The van der Waals surface area contributed by atoms with E-state index in [0.29, 0.717) is 82.3 Å². The van der Waals surface area contributed by atoms with Crippen molar-refractivity contribution in [1.82, 2.24) is 50.6 Å². The fourth-order valence-corrected chi connectivity index (χ4v) is 18.8. The van der Waals surface area contributed by atoms with Crippen molar-refractivity contribution >= 4 is 80.3 Å². The second kappa shape index (κ2) is 34.1. The molecular weight excluding hydrogens is 1510 g/mol. The predicted octanol–water partition coefficient (Wildman–Crippen LogP) is 17.5. The van der Waals surface area contributed by atoms with E-state index in [4.69, 9.17) is 43.6 Å². The minimum atomic E-state index is -2.43. The lowest BCUT2D eigenvalue weighted by molar-refractivity contribution is -0.135. The van der Waals surface area contributed by atoms with Crippen LogP contribution >= 0.6 is 0 Å². The summed E-state index contributed by atoms with van der Waals surface area (Å²) in [5.41, 5.74) is 16.2. The zero-order chi connectivity index (χ0) is 82.3. The van der Waals surface area contributed by atoms with E-state index in [-0.39, 0.29) is 72.7 Å². The molecule has 0 radical (unpaired) electrons. The number of nitrogens with zero attached hydrogens (tertiary/aromatic N) is 7. The average Bonchev–Trinajstić information content (AvgIpc) is 1.51. The summed E-state index contributed by atoms with van der Waals surface area (Å²) in [6, 6.07) is 34.9. The van der Waals surface area contributed by atoms with Crippen LogP contribution < -0.4 is 25.4 Å². The number of carbonyl (C=O) groups excluding carboxylic acids is 6. The Hall–Kier alpha value is -11.6. The van der Waals surface area contributed by atoms with Gasteiger partial charge in [0.25, 0.3) is 5.91 Å². The molecule has 0 bridgehead atoms. The van der Waals surface area contributed by atoms with E-state index in [1.807, 2.05) is 70.3 Å². The van der Waals surface area contributed by atoms with Crippen molar-refractivity contribution in [2.45, 2.75) is 186 Å². The van der Waals surface area contributed by atoms with Crippen LogP contribution in [0.2, 0.25) is 0 Å². The quantitative estimate of drug-likeness (QED) is 0.0331. The molecule has 1 unspecified atom stereocenters. The molecule has 616 valence electrons. The Morgan fingerprint density at radius 3 is 1.47 bits per heavy atom. The highest BCUT2D eigenvalue weighted by Crippen LogP contribution is 2.49. The largest absolute Gasteiger partial charge is 0.488 e. The van der Waals surface area contributed by atoms with Crippen LogP contribution in [0.15, 0.2) is 138 Å². The maximum Gasteiger partial charge on any atom is 0.407 e. The number of hydrogen-bond donors (Lipinski definition) is 5. The van der Waals surface area contributed by atoms with Gasteiger partial charge in [0.2, 0.25) is 24.7 Å². The molecule has 8 atom stereocenters. The molecule has 0 spiro atoms. The lowest BCUT2D eigenvalue weighted by atomic mass is 9.90. The van der Waals surface area contributed by atoms with Crippen LogP contribution in [0.25, 0.3) is 66.3 Å². The van der Waals surface area contributed by atoms with Gasteiger partial charge in [-0.25, -0.2) is 41.9 Å². The van der Waals surface area contributed by atoms with E-state index >= 15 is 0 Å². The summed E-state index contributed by atoms with van der Waals surface area (Å²) < 4.78 is 80.5.